The summed E-state index contributed by atoms with van der Waals surface area (Å²) in [6, 6.07) is 2.53. The van der Waals surface area contributed by atoms with Crippen molar-refractivity contribution in [2.75, 3.05) is 25.1 Å². The number of aromatic nitrogens is 6. The fraction of sp³-hybridized carbons (Fsp3) is 0.486. The molecule has 3 aromatic heterocycles. The zero-order chi connectivity index (χ0) is 37.7. The quantitative estimate of drug-likeness (QED) is 0.282. The minimum atomic E-state index is -4.60. The van der Waals surface area contributed by atoms with Crippen molar-refractivity contribution in [3.05, 3.63) is 80.0 Å². The Balaban J connectivity index is 1.09. The van der Waals surface area contributed by atoms with Crippen molar-refractivity contribution in [1.29, 1.82) is 0 Å². The maximum absolute atomic E-state index is 14.7. The molecule has 2 aliphatic heterocycles. The van der Waals surface area contributed by atoms with Crippen molar-refractivity contribution < 1.29 is 32.6 Å². The van der Waals surface area contributed by atoms with Gasteiger partial charge in [0.15, 0.2) is 17.3 Å². The van der Waals surface area contributed by atoms with Crippen LogP contribution in [0.3, 0.4) is 0 Å². The maximum Gasteiger partial charge on any atom is 0.416 e. The molecule has 3 unspecified atom stereocenters. The molecule has 3 atom stereocenters. The number of ether oxygens (including phenoxy) is 1. The molecule has 2 N–H and O–H groups in total. The lowest BCUT2D eigenvalue weighted by atomic mass is 9.56. The molecule has 3 fully saturated rings. The Hall–Kier alpha value is -4.83. The molecule has 17 heteroatoms. The predicted octanol–water partition coefficient (Wildman–Crippen LogP) is 5.10. The third-order valence-electron chi connectivity index (χ3n) is 12.5. The van der Waals surface area contributed by atoms with E-state index in [1.807, 2.05) is 0 Å². The van der Waals surface area contributed by atoms with Gasteiger partial charge in [-0.15, -0.1) is 5.10 Å². The summed E-state index contributed by atoms with van der Waals surface area (Å²) in [7, 11) is 0. The number of aromatic hydroxyl groups is 1. The highest BCUT2D eigenvalue weighted by Crippen LogP contribution is 2.57. The van der Waals surface area contributed by atoms with Crippen molar-refractivity contribution in [3.63, 3.8) is 0 Å². The molecule has 0 radical (unpaired) electrons. The van der Waals surface area contributed by atoms with Crippen molar-refractivity contribution in [2.45, 2.75) is 82.5 Å². The maximum atomic E-state index is 14.7. The summed E-state index contributed by atoms with van der Waals surface area (Å²) in [5.41, 5.74) is 0.647. The number of nitrogens with zero attached hydrogens (tertiary/aromatic N) is 7. The van der Waals surface area contributed by atoms with Gasteiger partial charge in [-0.25, -0.2) is 9.97 Å². The average Bonchev–Trinajstić information content (AvgIpc) is 3.72. The Bertz CT molecular complexity index is 2350. The summed E-state index contributed by atoms with van der Waals surface area (Å²) in [5.74, 6) is -0.673. The van der Waals surface area contributed by atoms with E-state index in [2.05, 4.69) is 21.4 Å². The van der Waals surface area contributed by atoms with Crippen LogP contribution in [-0.2, 0) is 34.1 Å². The second-order valence-electron chi connectivity index (χ2n) is 15.3. The second-order valence-corrected chi connectivity index (χ2v) is 15.7. The highest BCUT2D eigenvalue weighted by Gasteiger charge is 2.59. The molecule has 2 spiro atoms. The van der Waals surface area contributed by atoms with E-state index in [1.54, 1.807) is 16.4 Å². The molecule has 0 bridgehead atoms. The van der Waals surface area contributed by atoms with E-state index in [4.69, 9.17) is 26.4 Å². The molecule has 2 amide bonds. The molecule has 1 saturated carbocycles. The first-order valence-electron chi connectivity index (χ1n) is 18.1. The summed E-state index contributed by atoms with van der Waals surface area (Å²) in [4.78, 5) is 56.8. The largest absolute Gasteiger partial charge is 0.504 e. The van der Waals surface area contributed by atoms with Crippen LogP contribution in [0, 0.1) is 18.3 Å². The SMILES string of the molecule is Cc1ncnc(C(=O)N2CCC3(CCc4c3c(=O)n3nc(C5=CCC6(CC5)COC6)nc3n4CC(=O)Nc3ccc(C(F)(F)F)cc3Cl)C3CCC32)c1O. The lowest BCUT2D eigenvalue weighted by Gasteiger charge is -2.57. The van der Waals surface area contributed by atoms with Crippen molar-refractivity contribution in [2.24, 2.45) is 11.3 Å². The van der Waals surface area contributed by atoms with E-state index in [0.29, 0.717) is 68.2 Å². The third kappa shape index (κ3) is 5.34. The number of hydrogen-bond donors (Lipinski definition) is 2. The van der Waals surface area contributed by atoms with Gasteiger partial charge in [-0.05, 0) is 88.0 Å². The number of rotatable bonds is 5. The van der Waals surface area contributed by atoms with Crippen LogP contribution in [0.2, 0.25) is 5.02 Å². The third-order valence-corrected chi connectivity index (χ3v) is 12.8. The van der Waals surface area contributed by atoms with E-state index in [1.165, 1.54) is 10.8 Å². The van der Waals surface area contributed by atoms with Crippen LogP contribution < -0.4 is 10.9 Å². The predicted molar refractivity (Wildman–Crippen MR) is 188 cm³/mol. The number of amides is 2. The zero-order valence-corrected chi connectivity index (χ0v) is 30.0. The van der Waals surface area contributed by atoms with Crippen LogP contribution in [0.25, 0.3) is 11.4 Å². The number of aryl methyl sites for hydroxylation is 1. The Labute approximate surface area is 311 Å². The summed E-state index contributed by atoms with van der Waals surface area (Å²) < 4.78 is 48.3. The van der Waals surface area contributed by atoms with Gasteiger partial charge in [0.1, 0.15) is 12.9 Å². The molecule has 54 heavy (non-hydrogen) atoms. The zero-order valence-electron chi connectivity index (χ0n) is 29.2. The van der Waals surface area contributed by atoms with Gasteiger partial charge in [0.25, 0.3) is 11.5 Å². The first kappa shape index (κ1) is 34.9. The van der Waals surface area contributed by atoms with Crippen LogP contribution >= 0.6 is 11.6 Å². The van der Waals surface area contributed by atoms with Gasteiger partial charge in [-0.2, -0.15) is 22.7 Å². The smallest absolute Gasteiger partial charge is 0.416 e. The Morgan fingerprint density at radius 2 is 1.94 bits per heavy atom. The van der Waals surface area contributed by atoms with Crippen molar-refractivity contribution in [3.8, 4) is 5.75 Å². The lowest BCUT2D eigenvalue weighted by Crippen LogP contribution is -2.63. The monoisotopic (exact) mass is 764 g/mol. The molecule has 5 heterocycles. The van der Waals surface area contributed by atoms with Gasteiger partial charge in [0, 0.05) is 34.7 Å². The van der Waals surface area contributed by atoms with E-state index < -0.39 is 23.1 Å². The van der Waals surface area contributed by atoms with E-state index in [-0.39, 0.29) is 63.3 Å². The van der Waals surface area contributed by atoms with Crippen LogP contribution in [0.1, 0.15) is 83.8 Å². The van der Waals surface area contributed by atoms with Crippen LogP contribution in [0.15, 0.2) is 35.4 Å². The van der Waals surface area contributed by atoms with Crippen LogP contribution in [-0.4, -0.2) is 76.8 Å². The van der Waals surface area contributed by atoms with Crippen LogP contribution in [0.5, 0.6) is 5.75 Å². The van der Waals surface area contributed by atoms with Gasteiger partial charge in [-0.1, -0.05) is 17.7 Å². The molecule has 5 aliphatic rings. The van der Waals surface area contributed by atoms with Gasteiger partial charge in [-0.3, -0.25) is 14.4 Å². The van der Waals surface area contributed by atoms with E-state index in [9.17, 15) is 32.7 Å². The van der Waals surface area contributed by atoms with Gasteiger partial charge >= 0.3 is 6.18 Å². The number of alkyl halides is 3. The van der Waals surface area contributed by atoms with Gasteiger partial charge < -0.3 is 24.6 Å². The highest BCUT2D eigenvalue weighted by molar-refractivity contribution is 6.33. The fourth-order valence-electron chi connectivity index (χ4n) is 9.36. The first-order valence-corrected chi connectivity index (χ1v) is 18.4. The standard InChI is InChI=1S/C37H36ClF3N8O5/c1-19-30(51)29(43-18-42-19)33(53)47-13-12-36(22-3-5-25(22)47)11-8-26-28(36)32(52)49-34(45-31(46-49)20-6-9-35(10-7-20)16-54-17-35)48(26)15-27(50)44-24-4-2-21(14-23(24)38)37(39,40)41/h2,4,6,14,18,22,25,51H,3,5,7-13,15-17H2,1H3,(H,44,50). The number of fused-ring (bicyclic) bond motifs is 5. The molecule has 13 nitrogen and oxygen atoms in total. The Morgan fingerprint density at radius 1 is 1.13 bits per heavy atom. The minimum Gasteiger partial charge on any atom is -0.504 e. The van der Waals surface area contributed by atoms with Crippen molar-refractivity contribution >= 4 is 40.5 Å². The molecule has 282 valence electrons. The number of halogens is 4. The molecule has 3 aliphatic carbocycles. The summed E-state index contributed by atoms with van der Waals surface area (Å²) >= 11 is 6.19. The lowest BCUT2D eigenvalue weighted by molar-refractivity contribution is -0.137. The number of nitrogens with one attached hydrogen (secondary N) is 1. The molecule has 2 saturated heterocycles. The van der Waals surface area contributed by atoms with E-state index >= 15 is 0 Å². The number of piperidine rings is 1. The Kier molecular flexibility index (Phi) is 7.98. The second kappa shape index (κ2) is 12.3. The summed E-state index contributed by atoms with van der Waals surface area (Å²) in [6.45, 7) is 3.04. The van der Waals surface area contributed by atoms with Gasteiger partial charge in [0.05, 0.1) is 35.2 Å². The van der Waals surface area contributed by atoms with E-state index in [0.717, 1.165) is 49.5 Å². The number of anilines is 1. The highest BCUT2D eigenvalue weighted by atomic mass is 35.5. The number of hydrogen-bond acceptors (Lipinski definition) is 9. The van der Waals surface area contributed by atoms with Crippen LogP contribution in [0.4, 0.5) is 18.9 Å². The average molecular weight is 765 g/mol. The molecular formula is C37H36ClF3N8O5. The number of carbonyl (C=O) groups is 2. The Morgan fingerprint density at radius 3 is 2.61 bits per heavy atom. The van der Waals surface area contributed by atoms with Crippen molar-refractivity contribution in [1.82, 2.24) is 34.0 Å². The molecule has 1 aromatic carbocycles. The fourth-order valence-corrected chi connectivity index (χ4v) is 9.59. The first-order chi connectivity index (χ1) is 25.8. The molecule has 9 rings (SSSR count). The topological polar surface area (TPSA) is 157 Å². The summed E-state index contributed by atoms with van der Waals surface area (Å²) in [5, 5.41) is 17.7. The number of likely N-dealkylation sites (tertiary alicyclic amines) is 1. The summed E-state index contributed by atoms with van der Waals surface area (Å²) in [6.07, 6.45) is 4.22. The molecule has 4 aromatic rings. The molecular weight excluding hydrogens is 729 g/mol. The minimum absolute atomic E-state index is 0.0162. The number of carbonyl (C=O) groups excluding carboxylic acids is 2. The normalized spacial score (nSPS) is 24.2. The number of allylic oxidation sites excluding steroid dienone is 2. The van der Waals surface area contributed by atoms with Gasteiger partial charge in [0.2, 0.25) is 11.7 Å². The number of benzene rings is 1.